The fourth-order valence-electron chi connectivity index (χ4n) is 1.56. The molecule has 1 rings (SSSR count). The van der Waals surface area contributed by atoms with E-state index >= 15 is 0 Å². The maximum absolute atomic E-state index is 11.7. The number of sulfonamides is 1. The first-order chi connectivity index (χ1) is 9.50. The lowest BCUT2D eigenvalue weighted by atomic mass is 10.1. The van der Waals surface area contributed by atoms with E-state index in [9.17, 15) is 18.0 Å². The summed E-state index contributed by atoms with van der Waals surface area (Å²) in [7, 11) is -3.39. The van der Waals surface area contributed by atoms with E-state index in [-0.39, 0.29) is 17.1 Å². The van der Waals surface area contributed by atoms with Crippen LogP contribution in [-0.2, 0) is 10.0 Å². The summed E-state index contributed by atoms with van der Waals surface area (Å²) in [6.07, 6.45) is 1.03. The molecule has 0 aliphatic heterocycles. The van der Waals surface area contributed by atoms with Gasteiger partial charge in [0, 0.05) is 12.1 Å². The molecule has 0 aromatic carbocycles. The average Bonchev–Trinajstić information content (AvgIpc) is 2.71. The highest BCUT2D eigenvalue weighted by Crippen LogP contribution is 2.22. The van der Waals surface area contributed by atoms with Crippen LogP contribution in [-0.4, -0.2) is 43.9 Å². The third kappa shape index (κ3) is 6.10. The molecule has 1 aromatic heterocycles. The van der Waals surface area contributed by atoms with Crippen molar-refractivity contribution in [1.82, 2.24) is 10.0 Å². The van der Waals surface area contributed by atoms with Crippen molar-refractivity contribution in [1.29, 1.82) is 0 Å². The minimum Gasteiger partial charge on any atom is -0.478 e. The molecule has 118 valence electrons. The zero-order valence-electron chi connectivity index (χ0n) is 11.8. The first-order valence-electron chi connectivity index (χ1n) is 5.85. The van der Waals surface area contributed by atoms with Crippen LogP contribution in [0, 0.1) is 0 Å². The molecule has 0 saturated carbocycles. The molecule has 0 spiro atoms. The molecular weight excluding hydrogens is 318 g/mol. The summed E-state index contributed by atoms with van der Waals surface area (Å²) < 4.78 is 24.7. The highest BCUT2D eigenvalue weighted by Gasteiger charge is 2.23. The normalized spacial score (nSPS) is 12.0. The number of hydrogen-bond acceptors (Lipinski definition) is 5. The Kier molecular flexibility index (Phi) is 5.31. The van der Waals surface area contributed by atoms with E-state index < -0.39 is 27.6 Å². The van der Waals surface area contributed by atoms with E-state index in [4.69, 9.17) is 5.11 Å². The van der Waals surface area contributed by atoms with Crippen LogP contribution in [0.15, 0.2) is 11.4 Å². The van der Waals surface area contributed by atoms with Gasteiger partial charge in [-0.3, -0.25) is 5.32 Å². The Bertz CT molecular complexity index is 636. The maximum atomic E-state index is 11.7. The third-order valence-electron chi connectivity index (χ3n) is 2.28. The Balaban J connectivity index is 2.59. The molecule has 0 aliphatic rings. The Labute approximate surface area is 126 Å². The Hall–Kier alpha value is -1.65. The molecule has 0 radical (unpaired) electrons. The van der Waals surface area contributed by atoms with Gasteiger partial charge in [0.25, 0.3) is 0 Å². The molecule has 0 bridgehead atoms. The molecule has 1 heterocycles. The van der Waals surface area contributed by atoms with E-state index in [1.54, 1.807) is 19.2 Å². The summed E-state index contributed by atoms with van der Waals surface area (Å²) in [4.78, 5) is 22.6. The second-order valence-corrected chi connectivity index (χ2v) is 7.70. The van der Waals surface area contributed by atoms with Crippen LogP contribution in [0.5, 0.6) is 0 Å². The van der Waals surface area contributed by atoms with Crippen molar-refractivity contribution in [3.63, 3.8) is 0 Å². The minimum absolute atomic E-state index is 0.00340. The van der Waals surface area contributed by atoms with Crippen molar-refractivity contribution in [3.8, 4) is 0 Å². The van der Waals surface area contributed by atoms with Gasteiger partial charge in [-0.15, -0.1) is 11.3 Å². The SMILES string of the molecule is CC(C)(CNC(=O)Nc1sccc1C(=O)O)NS(C)(=O)=O. The van der Waals surface area contributed by atoms with Crippen molar-refractivity contribution in [2.75, 3.05) is 18.1 Å². The smallest absolute Gasteiger partial charge is 0.338 e. The van der Waals surface area contributed by atoms with Gasteiger partial charge in [0.2, 0.25) is 10.0 Å². The molecule has 0 aliphatic carbocycles. The number of aromatic carboxylic acids is 1. The highest BCUT2D eigenvalue weighted by atomic mass is 32.2. The molecule has 4 N–H and O–H groups in total. The van der Waals surface area contributed by atoms with Crippen LogP contribution < -0.4 is 15.4 Å². The lowest BCUT2D eigenvalue weighted by Crippen LogP contribution is -2.51. The number of rotatable bonds is 6. The fraction of sp³-hybridized carbons (Fsp3) is 0.455. The number of nitrogens with one attached hydrogen (secondary N) is 3. The fourth-order valence-corrected chi connectivity index (χ4v) is 3.41. The third-order valence-corrected chi connectivity index (χ3v) is 4.03. The van der Waals surface area contributed by atoms with Crippen LogP contribution >= 0.6 is 11.3 Å². The number of thiophene rings is 1. The van der Waals surface area contributed by atoms with Gasteiger partial charge in [-0.05, 0) is 25.3 Å². The number of anilines is 1. The summed E-state index contributed by atoms with van der Waals surface area (Å²) in [6, 6.07) is 0.779. The first-order valence-corrected chi connectivity index (χ1v) is 8.62. The lowest BCUT2D eigenvalue weighted by Gasteiger charge is -2.25. The number of hydrogen-bond donors (Lipinski definition) is 4. The van der Waals surface area contributed by atoms with Crippen LogP contribution in [0.3, 0.4) is 0 Å². The quantitative estimate of drug-likeness (QED) is 0.614. The van der Waals surface area contributed by atoms with Gasteiger partial charge in [-0.1, -0.05) is 0 Å². The molecule has 0 saturated heterocycles. The summed E-state index contributed by atoms with van der Waals surface area (Å²) in [5, 5.41) is 15.6. The summed E-state index contributed by atoms with van der Waals surface area (Å²) in [5.41, 5.74) is -0.862. The summed E-state index contributed by atoms with van der Waals surface area (Å²) in [5.74, 6) is -1.13. The van der Waals surface area contributed by atoms with E-state index in [0.29, 0.717) is 0 Å². The van der Waals surface area contributed by atoms with Crippen molar-refractivity contribution >= 4 is 38.4 Å². The molecule has 1 aromatic rings. The van der Waals surface area contributed by atoms with E-state index in [0.717, 1.165) is 17.6 Å². The van der Waals surface area contributed by atoms with Crippen molar-refractivity contribution < 1.29 is 23.1 Å². The summed E-state index contributed by atoms with van der Waals surface area (Å²) in [6.45, 7) is 3.27. The van der Waals surface area contributed by atoms with Crippen molar-refractivity contribution in [3.05, 3.63) is 17.0 Å². The Morgan fingerprint density at radius 1 is 1.38 bits per heavy atom. The van der Waals surface area contributed by atoms with Crippen LogP contribution in [0.2, 0.25) is 0 Å². The predicted octanol–water partition coefficient (Wildman–Crippen LogP) is 0.896. The number of amides is 2. The van der Waals surface area contributed by atoms with E-state index in [1.807, 2.05) is 0 Å². The zero-order valence-corrected chi connectivity index (χ0v) is 13.4. The van der Waals surface area contributed by atoms with Crippen molar-refractivity contribution in [2.45, 2.75) is 19.4 Å². The molecule has 10 heteroatoms. The summed E-state index contributed by atoms with van der Waals surface area (Å²) >= 11 is 1.09. The predicted molar refractivity (Wildman–Crippen MR) is 80.4 cm³/mol. The number of urea groups is 1. The molecule has 0 atom stereocenters. The number of carboxylic acid groups (broad SMARTS) is 1. The molecule has 2 amide bonds. The largest absolute Gasteiger partial charge is 0.478 e. The van der Waals surface area contributed by atoms with E-state index in [2.05, 4.69) is 15.4 Å². The molecule has 0 fully saturated rings. The molecule has 21 heavy (non-hydrogen) atoms. The topological polar surface area (TPSA) is 125 Å². The van der Waals surface area contributed by atoms with Crippen LogP contribution in [0.1, 0.15) is 24.2 Å². The second kappa shape index (κ2) is 6.41. The monoisotopic (exact) mass is 335 g/mol. The van der Waals surface area contributed by atoms with Crippen molar-refractivity contribution in [2.24, 2.45) is 0 Å². The van der Waals surface area contributed by atoms with Crippen LogP contribution in [0.4, 0.5) is 9.80 Å². The van der Waals surface area contributed by atoms with Gasteiger partial charge in [0.1, 0.15) is 5.00 Å². The molecular formula is C11H17N3O5S2. The van der Waals surface area contributed by atoms with Gasteiger partial charge in [-0.2, -0.15) is 0 Å². The van der Waals surface area contributed by atoms with Gasteiger partial charge in [0.05, 0.1) is 11.8 Å². The standard InChI is InChI=1S/C11H17N3O5S2/c1-11(2,14-21(3,18)19)6-12-10(17)13-8-7(9(15)16)4-5-20-8/h4-5,14H,6H2,1-3H3,(H,15,16)(H2,12,13,17). The molecule has 8 nitrogen and oxygen atoms in total. The average molecular weight is 335 g/mol. The zero-order chi connectivity index (χ0) is 16.3. The van der Waals surface area contributed by atoms with Gasteiger partial charge in [-0.25, -0.2) is 22.7 Å². The Morgan fingerprint density at radius 3 is 2.52 bits per heavy atom. The van der Waals surface area contributed by atoms with Gasteiger partial charge >= 0.3 is 12.0 Å². The van der Waals surface area contributed by atoms with Gasteiger partial charge < -0.3 is 10.4 Å². The molecule has 0 unspecified atom stereocenters. The van der Waals surface area contributed by atoms with Gasteiger partial charge in [0.15, 0.2) is 0 Å². The Morgan fingerprint density at radius 2 is 2.00 bits per heavy atom. The number of carbonyl (C=O) groups is 2. The highest BCUT2D eigenvalue weighted by molar-refractivity contribution is 7.88. The number of carbonyl (C=O) groups excluding carboxylic acids is 1. The van der Waals surface area contributed by atoms with Crippen LogP contribution in [0.25, 0.3) is 0 Å². The first kappa shape index (κ1) is 17.4. The number of carboxylic acids is 1. The van der Waals surface area contributed by atoms with E-state index in [1.165, 1.54) is 6.07 Å². The lowest BCUT2D eigenvalue weighted by molar-refractivity contribution is 0.0698. The minimum atomic E-state index is -3.39. The maximum Gasteiger partial charge on any atom is 0.338 e. The second-order valence-electron chi connectivity index (χ2n) is 5.03.